The highest BCUT2D eigenvalue weighted by Gasteiger charge is 2.16. The van der Waals surface area contributed by atoms with Gasteiger partial charge in [-0.25, -0.2) is 4.39 Å². The molecule has 0 fully saturated rings. The highest BCUT2D eigenvalue weighted by Crippen LogP contribution is 2.29. The molecule has 0 spiro atoms. The summed E-state index contributed by atoms with van der Waals surface area (Å²) in [4.78, 5) is 0. The molecule has 1 nitrogen and oxygen atoms in total. The van der Waals surface area contributed by atoms with E-state index in [1.165, 1.54) is 22.3 Å². The molecule has 2 aromatic carbocycles. The highest BCUT2D eigenvalue weighted by molar-refractivity contribution is 9.10. The summed E-state index contributed by atoms with van der Waals surface area (Å²) in [6, 6.07) is 9.65. The highest BCUT2D eigenvalue weighted by atomic mass is 79.9. The molecule has 0 aliphatic heterocycles. The van der Waals surface area contributed by atoms with Gasteiger partial charge in [-0.1, -0.05) is 18.2 Å². The second-order valence-electron chi connectivity index (χ2n) is 5.19. The molecule has 20 heavy (non-hydrogen) atoms. The average molecular weight is 336 g/mol. The lowest BCUT2D eigenvalue weighted by molar-refractivity contribution is 0.610. The van der Waals surface area contributed by atoms with Gasteiger partial charge in [-0.05, 0) is 83.7 Å². The summed E-state index contributed by atoms with van der Waals surface area (Å²) in [5.74, 6) is -0.232. The molecule has 0 amide bonds. The van der Waals surface area contributed by atoms with Gasteiger partial charge >= 0.3 is 0 Å². The predicted octanol–water partition coefficient (Wildman–Crippen LogP) is 4.82. The van der Waals surface area contributed by atoms with Crippen molar-refractivity contribution in [1.29, 1.82) is 0 Å². The fraction of sp³-hybridized carbons (Fsp3) is 0.294. The first-order valence-corrected chi connectivity index (χ1v) is 7.43. The Morgan fingerprint density at radius 3 is 2.25 bits per heavy atom. The minimum Gasteiger partial charge on any atom is -0.309 e. The molecule has 0 heterocycles. The monoisotopic (exact) mass is 335 g/mol. The first-order valence-electron chi connectivity index (χ1n) is 6.64. The van der Waals surface area contributed by atoms with Gasteiger partial charge in [0.05, 0.1) is 10.5 Å². The van der Waals surface area contributed by atoms with Crippen LogP contribution in [0.25, 0.3) is 0 Å². The first kappa shape index (κ1) is 15.2. The summed E-state index contributed by atoms with van der Waals surface area (Å²) < 4.78 is 14.3. The zero-order chi connectivity index (χ0) is 14.9. The van der Waals surface area contributed by atoms with Crippen LogP contribution in [0.15, 0.2) is 34.8 Å². The molecular weight excluding hydrogens is 317 g/mol. The van der Waals surface area contributed by atoms with E-state index in [-0.39, 0.29) is 11.9 Å². The number of rotatable bonds is 3. The molecule has 0 aromatic heterocycles. The number of hydrogen-bond donors (Lipinski definition) is 1. The molecular formula is C17H19BrFN. The Bertz CT molecular complexity index is 637. The minimum atomic E-state index is -0.232. The molecule has 0 radical (unpaired) electrons. The largest absolute Gasteiger partial charge is 0.309 e. The fourth-order valence-electron chi connectivity index (χ4n) is 2.49. The van der Waals surface area contributed by atoms with Crippen molar-refractivity contribution in [3.63, 3.8) is 0 Å². The third-order valence-corrected chi connectivity index (χ3v) is 4.40. The number of benzene rings is 2. The van der Waals surface area contributed by atoms with Crippen molar-refractivity contribution >= 4 is 15.9 Å². The van der Waals surface area contributed by atoms with Crippen LogP contribution >= 0.6 is 15.9 Å². The van der Waals surface area contributed by atoms with E-state index in [1.807, 2.05) is 13.1 Å². The number of halogens is 2. The molecule has 0 aliphatic carbocycles. The quantitative estimate of drug-likeness (QED) is 0.847. The van der Waals surface area contributed by atoms with Crippen LogP contribution in [0.5, 0.6) is 0 Å². The molecule has 2 rings (SSSR count). The summed E-state index contributed by atoms with van der Waals surface area (Å²) in [5, 5.41) is 3.29. The van der Waals surface area contributed by atoms with E-state index >= 15 is 0 Å². The Morgan fingerprint density at radius 1 is 1.00 bits per heavy atom. The van der Waals surface area contributed by atoms with Gasteiger partial charge in [0.25, 0.3) is 0 Å². The maximum Gasteiger partial charge on any atom is 0.137 e. The number of nitrogens with one attached hydrogen (secondary N) is 1. The van der Waals surface area contributed by atoms with Crippen LogP contribution in [0.1, 0.15) is 33.9 Å². The van der Waals surface area contributed by atoms with E-state index in [9.17, 15) is 4.39 Å². The maximum absolute atomic E-state index is 13.8. The van der Waals surface area contributed by atoms with Crippen LogP contribution in [-0.2, 0) is 0 Å². The number of aryl methyl sites for hydroxylation is 3. The standard InChI is InChI=1S/C17H19BrFN/c1-10-7-12(3)14(8-11(10)2)17(20-4)13-5-6-15(18)16(19)9-13/h5-9,17,20H,1-4H3. The van der Waals surface area contributed by atoms with Crippen LogP contribution in [0.2, 0.25) is 0 Å². The van der Waals surface area contributed by atoms with E-state index in [0.717, 1.165) is 5.56 Å². The Hall–Kier alpha value is -1.19. The van der Waals surface area contributed by atoms with Gasteiger partial charge in [-0.15, -0.1) is 0 Å². The zero-order valence-corrected chi connectivity index (χ0v) is 13.8. The van der Waals surface area contributed by atoms with Crippen molar-refractivity contribution in [3.8, 4) is 0 Å². The lowest BCUT2D eigenvalue weighted by Gasteiger charge is -2.21. The second kappa shape index (κ2) is 6.06. The molecule has 0 aliphatic rings. The van der Waals surface area contributed by atoms with Gasteiger partial charge < -0.3 is 5.32 Å². The Kier molecular flexibility index (Phi) is 4.61. The minimum absolute atomic E-state index is 0.00287. The predicted molar refractivity (Wildman–Crippen MR) is 85.7 cm³/mol. The van der Waals surface area contributed by atoms with Crippen LogP contribution in [0.3, 0.4) is 0 Å². The van der Waals surface area contributed by atoms with Gasteiger partial charge in [0, 0.05) is 0 Å². The summed E-state index contributed by atoms with van der Waals surface area (Å²) in [7, 11) is 1.90. The molecule has 106 valence electrons. The molecule has 1 atom stereocenters. The lowest BCUT2D eigenvalue weighted by atomic mass is 9.92. The van der Waals surface area contributed by atoms with Crippen molar-refractivity contribution in [1.82, 2.24) is 5.32 Å². The van der Waals surface area contributed by atoms with Gasteiger partial charge in [0.15, 0.2) is 0 Å². The Balaban J connectivity index is 2.52. The lowest BCUT2D eigenvalue weighted by Crippen LogP contribution is -2.19. The molecule has 0 saturated carbocycles. The van der Waals surface area contributed by atoms with E-state index in [1.54, 1.807) is 12.1 Å². The van der Waals surface area contributed by atoms with E-state index < -0.39 is 0 Å². The molecule has 3 heteroatoms. The summed E-state index contributed by atoms with van der Waals surface area (Å²) >= 11 is 3.20. The zero-order valence-electron chi connectivity index (χ0n) is 12.2. The first-order chi connectivity index (χ1) is 9.43. The van der Waals surface area contributed by atoms with Gasteiger partial charge in [0.2, 0.25) is 0 Å². The van der Waals surface area contributed by atoms with E-state index in [0.29, 0.717) is 4.47 Å². The van der Waals surface area contributed by atoms with Gasteiger partial charge in [-0.3, -0.25) is 0 Å². The van der Waals surface area contributed by atoms with Gasteiger partial charge in [-0.2, -0.15) is 0 Å². The maximum atomic E-state index is 13.8. The summed E-state index contributed by atoms with van der Waals surface area (Å²) in [5.41, 5.74) is 5.87. The van der Waals surface area contributed by atoms with Crippen LogP contribution in [-0.4, -0.2) is 7.05 Å². The van der Waals surface area contributed by atoms with Gasteiger partial charge in [0.1, 0.15) is 5.82 Å². The second-order valence-corrected chi connectivity index (χ2v) is 6.04. The third kappa shape index (κ3) is 2.94. The fourth-order valence-corrected chi connectivity index (χ4v) is 2.73. The van der Waals surface area contributed by atoms with Crippen molar-refractivity contribution in [3.05, 3.63) is 68.4 Å². The van der Waals surface area contributed by atoms with Crippen molar-refractivity contribution < 1.29 is 4.39 Å². The summed E-state index contributed by atoms with van der Waals surface area (Å²) in [6.45, 7) is 6.31. The van der Waals surface area contributed by atoms with Crippen molar-refractivity contribution in [2.24, 2.45) is 0 Å². The van der Waals surface area contributed by atoms with E-state index in [2.05, 4.69) is 54.2 Å². The van der Waals surface area contributed by atoms with Crippen LogP contribution < -0.4 is 5.32 Å². The molecule has 0 bridgehead atoms. The normalized spacial score (nSPS) is 12.5. The Labute approximate surface area is 128 Å². The molecule has 0 saturated heterocycles. The molecule has 2 aromatic rings. The smallest absolute Gasteiger partial charge is 0.137 e. The molecule has 1 unspecified atom stereocenters. The van der Waals surface area contributed by atoms with Crippen molar-refractivity contribution in [2.45, 2.75) is 26.8 Å². The summed E-state index contributed by atoms with van der Waals surface area (Å²) in [6.07, 6.45) is 0. The topological polar surface area (TPSA) is 12.0 Å². The van der Waals surface area contributed by atoms with E-state index in [4.69, 9.17) is 0 Å². The van der Waals surface area contributed by atoms with Crippen LogP contribution in [0, 0.1) is 26.6 Å². The Morgan fingerprint density at radius 2 is 1.65 bits per heavy atom. The SMILES string of the molecule is CNC(c1ccc(Br)c(F)c1)c1cc(C)c(C)cc1C. The van der Waals surface area contributed by atoms with Crippen LogP contribution in [0.4, 0.5) is 4.39 Å². The molecule has 1 N–H and O–H groups in total. The van der Waals surface area contributed by atoms with Crippen molar-refractivity contribution in [2.75, 3.05) is 7.05 Å². The average Bonchev–Trinajstić information content (AvgIpc) is 2.40. The number of hydrogen-bond acceptors (Lipinski definition) is 1. The third-order valence-electron chi connectivity index (χ3n) is 3.76.